The summed E-state index contributed by atoms with van der Waals surface area (Å²) in [6.07, 6.45) is 0. The average molecular weight is 361 g/mol. The second-order valence-corrected chi connectivity index (χ2v) is 6.68. The maximum atomic E-state index is 13.1. The van der Waals surface area contributed by atoms with Crippen LogP contribution in [0.2, 0.25) is 5.02 Å². The molecule has 24 heavy (non-hydrogen) atoms. The number of halogens is 2. The number of thiazole rings is 1. The van der Waals surface area contributed by atoms with Crippen LogP contribution in [0.15, 0.2) is 41.8 Å². The van der Waals surface area contributed by atoms with Gasteiger partial charge in [-0.05, 0) is 49.2 Å². The van der Waals surface area contributed by atoms with Crippen molar-refractivity contribution in [1.82, 2.24) is 4.98 Å². The second kappa shape index (κ2) is 6.71. The molecule has 2 aromatic carbocycles. The molecule has 0 unspecified atom stereocenters. The highest BCUT2D eigenvalue weighted by Gasteiger charge is 2.14. The molecule has 0 fully saturated rings. The van der Waals surface area contributed by atoms with E-state index in [2.05, 4.69) is 23.3 Å². The van der Waals surface area contributed by atoms with Crippen molar-refractivity contribution in [3.8, 4) is 11.3 Å². The van der Waals surface area contributed by atoms with Crippen molar-refractivity contribution >= 4 is 34.0 Å². The molecule has 122 valence electrons. The number of benzene rings is 2. The normalized spacial score (nSPS) is 10.7. The Bertz CT molecular complexity index is 923. The average Bonchev–Trinajstić information content (AvgIpc) is 2.98. The van der Waals surface area contributed by atoms with Gasteiger partial charge in [0.25, 0.3) is 5.91 Å². The van der Waals surface area contributed by atoms with Gasteiger partial charge in [-0.1, -0.05) is 23.7 Å². The molecule has 0 saturated heterocycles. The fourth-order valence-electron chi connectivity index (χ4n) is 2.20. The van der Waals surface area contributed by atoms with Crippen LogP contribution in [0.5, 0.6) is 0 Å². The lowest BCUT2D eigenvalue weighted by molar-refractivity contribution is 0.102. The SMILES string of the molecule is Cc1ccc(-c2csc(NC(=O)c3ccc(F)cc3Cl)n2)cc1C. The van der Waals surface area contributed by atoms with Crippen LogP contribution in [0.4, 0.5) is 9.52 Å². The van der Waals surface area contributed by atoms with Gasteiger partial charge in [-0.2, -0.15) is 0 Å². The summed E-state index contributed by atoms with van der Waals surface area (Å²) in [5.41, 5.74) is 4.40. The zero-order valence-electron chi connectivity index (χ0n) is 13.1. The largest absolute Gasteiger partial charge is 0.298 e. The van der Waals surface area contributed by atoms with Crippen LogP contribution in [-0.2, 0) is 0 Å². The van der Waals surface area contributed by atoms with Gasteiger partial charge >= 0.3 is 0 Å². The molecule has 1 heterocycles. The molecule has 1 N–H and O–H groups in total. The van der Waals surface area contributed by atoms with E-state index in [9.17, 15) is 9.18 Å². The first-order valence-electron chi connectivity index (χ1n) is 7.23. The number of nitrogens with zero attached hydrogens (tertiary/aromatic N) is 1. The predicted molar refractivity (Wildman–Crippen MR) is 96.4 cm³/mol. The summed E-state index contributed by atoms with van der Waals surface area (Å²) in [5, 5.41) is 5.11. The summed E-state index contributed by atoms with van der Waals surface area (Å²) in [5.74, 6) is -0.899. The summed E-state index contributed by atoms with van der Waals surface area (Å²) in [7, 11) is 0. The lowest BCUT2D eigenvalue weighted by atomic mass is 10.1. The lowest BCUT2D eigenvalue weighted by Crippen LogP contribution is -2.12. The molecule has 0 aliphatic heterocycles. The molecular weight excluding hydrogens is 347 g/mol. The first-order chi connectivity index (χ1) is 11.4. The minimum Gasteiger partial charge on any atom is -0.298 e. The number of aryl methyl sites for hydroxylation is 2. The summed E-state index contributed by atoms with van der Waals surface area (Å²) in [6.45, 7) is 4.10. The van der Waals surface area contributed by atoms with E-state index in [4.69, 9.17) is 11.6 Å². The van der Waals surface area contributed by atoms with Crippen molar-refractivity contribution in [2.45, 2.75) is 13.8 Å². The Morgan fingerprint density at radius 1 is 1.17 bits per heavy atom. The summed E-state index contributed by atoms with van der Waals surface area (Å²) in [4.78, 5) is 16.7. The van der Waals surface area contributed by atoms with Gasteiger partial charge in [0, 0.05) is 10.9 Å². The van der Waals surface area contributed by atoms with Gasteiger partial charge in [0.15, 0.2) is 5.13 Å². The number of nitrogens with one attached hydrogen (secondary N) is 1. The number of amides is 1. The van der Waals surface area contributed by atoms with Crippen LogP contribution in [-0.4, -0.2) is 10.9 Å². The fraction of sp³-hybridized carbons (Fsp3) is 0.111. The molecular formula is C18H14ClFN2OS. The minimum absolute atomic E-state index is 0.0680. The third kappa shape index (κ3) is 3.47. The van der Waals surface area contributed by atoms with E-state index in [0.29, 0.717) is 5.13 Å². The van der Waals surface area contributed by atoms with Gasteiger partial charge in [-0.25, -0.2) is 9.37 Å². The van der Waals surface area contributed by atoms with Crippen molar-refractivity contribution in [3.05, 3.63) is 69.3 Å². The third-order valence-electron chi connectivity index (χ3n) is 3.70. The van der Waals surface area contributed by atoms with Gasteiger partial charge < -0.3 is 0 Å². The molecule has 3 nitrogen and oxygen atoms in total. The van der Waals surface area contributed by atoms with Crippen LogP contribution in [0, 0.1) is 19.7 Å². The highest BCUT2D eigenvalue weighted by molar-refractivity contribution is 7.14. The molecule has 3 rings (SSSR count). The monoisotopic (exact) mass is 360 g/mol. The van der Waals surface area contributed by atoms with E-state index in [1.54, 1.807) is 0 Å². The van der Waals surface area contributed by atoms with Crippen molar-refractivity contribution < 1.29 is 9.18 Å². The van der Waals surface area contributed by atoms with Crippen LogP contribution < -0.4 is 5.32 Å². The van der Waals surface area contributed by atoms with Crippen molar-refractivity contribution in [3.63, 3.8) is 0 Å². The van der Waals surface area contributed by atoms with Crippen molar-refractivity contribution in [1.29, 1.82) is 0 Å². The third-order valence-corrected chi connectivity index (χ3v) is 4.77. The molecule has 0 atom stereocenters. The van der Waals surface area contributed by atoms with Gasteiger partial charge in [0.2, 0.25) is 0 Å². The minimum atomic E-state index is -0.483. The van der Waals surface area contributed by atoms with E-state index in [1.807, 2.05) is 24.4 Å². The molecule has 0 aliphatic carbocycles. The summed E-state index contributed by atoms with van der Waals surface area (Å²) >= 11 is 7.23. The zero-order valence-corrected chi connectivity index (χ0v) is 14.6. The van der Waals surface area contributed by atoms with E-state index in [-0.39, 0.29) is 10.6 Å². The van der Waals surface area contributed by atoms with Crippen LogP contribution in [0.1, 0.15) is 21.5 Å². The Morgan fingerprint density at radius 3 is 2.67 bits per heavy atom. The molecule has 1 amide bonds. The van der Waals surface area contributed by atoms with E-state index < -0.39 is 11.7 Å². The number of carbonyl (C=O) groups excluding carboxylic acids is 1. The van der Waals surface area contributed by atoms with Gasteiger partial charge in [-0.3, -0.25) is 10.1 Å². The highest BCUT2D eigenvalue weighted by atomic mass is 35.5. The maximum Gasteiger partial charge on any atom is 0.258 e. The van der Waals surface area contributed by atoms with Crippen molar-refractivity contribution in [2.24, 2.45) is 0 Å². The lowest BCUT2D eigenvalue weighted by Gasteiger charge is -2.04. The molecule has 6 heteroatoms. The topological polar surface area (TPSA) is 42.0 Å². The Labute approximate surface area is 148 Å². The molecule has 0 spiro atoms. The van der Waals surface area contributed by atoms with Gasteiger partial charge in [0.1, 0.15) is 5.82 Å². The number of anilines is 1. The Kier molecular flexibility index (Phi) is 4.64. The van der Waals surface area contributed by atoms with Gasteiger partial charge in [0.05, 0.1) is 16.3 Å². The summed E-state index contributed by atoms with van der Waals surface area (Å²) < 4.78 is 13.1. The number of rotatable bonds is 3. The van der Waals surface area contributed by atoms with E-state index >= 15 is 0 Å². The van der Waals surface area contributed by atoms with E-state index in [1.165, 1.54) is 34.6 Å². The quantitative estimate of drug-likeness (QED) is 0.672. The predicted octanol–water partition coefficient (Wildman–Crippen LogP) is 5.47. The Balaban J connectivity index is 1.80. The van der Waals surface area contributed by atoms with E-state index in [0.717, 1.165) is 17.3 Å². The Morgan fingerprint density at radius 2 is 1.96 bits per heavy atom. The Hall–Kier alpha value is -2.24. The number of hydrogen-bond donors (Lipinski definition) is 1. The molecule has 0 radical (unpaired) electrons. The van der Waals surface area contributed by atoms with Crippen LogP contribution in [0.25, 0.3) is 11.3 Å². The molecule has 1 aromatic heterocycles. The summed E-state index contributed by atoms with van der Waals surface area (Å²) in [6, 6.07) is 9.76. The standard InChI is InChI=1S/C18H14ClFN2OS/c1-10-3-4-12(7-11(10)2)16-9-24-18(21-16)22-17(23)14-6-5-13(20)8-15(14)19/h3-9H,1-2H3,(H,21,22,23). The number of hydrogen-bond acceptors (Lipinski definition) is 3. The first-order valence-corrected chi connectivity index (χ1v) is 8.49. The first kappa shape index (κ1) is 16.6. The molecule has 0 aliphatic rings. The highest BCUT2D eigenvalue weighted by Crippen LogP contribution is 2.27. The van der Waals surface area contributed by atoms with Gasteiger partial charge in [-0.15, -0.1) is 11.3 Å². The second-order valence-electron chi connectivity index (χ2n) is 5.42. The smallest absolute Gasteiger partial charge is 0.258 e. The maximum absolute atomic E-state index is 13.1. The van der Waals surface area contributed by atoms with Crippen molar-refractivity contribution in [2.75, 3.05) is 5.32 Å². The number of aromatic nitrogens is 1. The van der Waals surface area contributed by atoms with Crippen LogP contribution in [0.3, 0.4) is 0 Å². The molecule has 3 aromatic rings. The van der Waals surface area contributed by atoms with Crippen LogP contribution >= 0.6 is 22.9 Å². The number of carbonyl (C=O) groups is 1. The fourth-order valence-corrected chi connectivity index (χ4v) is 3.17. The molecule has 0 bridgehead atoms. The molecule has 0 saturated carbocycles. The zero-order chi connectivity index (χ0) is 17.3.